The van der Waals surface area contributed by atoms with Crippen molar-refractivity contribution in [3.63, 3.8) is 0 Å². The molecule has 1 amide bonds. The molecule has 3 unspecified atom stereocenters. The minimum atomic E-state index is -0.442. The number of nitrogens with one attached hydrogen (secondary N) is 2. The van der Waals surface area contributed by atoms with Gasteiger partial charge in [-0.2, -0.15) is 0 Å². The van der Waals surface area contributed by atoms with Crippen LogP contribution >= 0.6 is 0 Å². The molecule has 29 heavy (non-hydrogen) atoms. The smallest absolute Gasteiger partial charge is 0.293 e. The Labute approximate surface area is 169 Å². The Kier molecular flexibility index (Phi) is 5.44. The Hall–Kier alpha value is -3.00. The van der Waals surface area contributed by atoms with Crippen LogP contribution in [0.5, 0.6) is 0 Å². The van der Waals surface area contributed by atoms with E-state index in [1.54, 1.807) is 18.3 Å². The van der Waals surface area contributed by atoms with Gasteiger partial charge < -0.3 is 15.5 Å². The first kappa shape index (κ1) is 19.3. The van der Waals surface area contributed by atoms with Crippen molar-refractivity contribution >= 4 is 17.3 Å². The highest BCUT2D eigenvalue weighted by molar-refractivity contribution is 5.96. The molecule has 2 bridgehead atoms. The number of aromatic nitrogens is 1. The molecule has 2 aliphatic heterocycles. The zero-order valence-electron chi connectivity index (χ0n) is 16.4. The van der Waals surface area contributed by atoms with Gasteiger partial charge in [0.15, 0.2) is 0 Å². The van der Waals surface area contributed by atoms with Gasteiger partial charge in [-0.1, -0.05) is 6.07 Å². The molecule has 1 aromatic carbocycles. The van der Waals surface area contributed by atoms with E-state index in [-0.39, 0.29) is 29.7 Å². The fraction of sp³-hybridized carbons (Fsp3) is 0.429. The van der Waals surface area contributed by atoms with Gasteiger partial charge in [0.05, 0.1) is 16.7 Å². The average molecular weight is 395 g/mol. The Morgan fingerprint density at radius 1 is 1.28 bits per heavy atom. The van der Waals surface area contributed by atoms with Crippen LogP contribution in [0.1, 0.15) is 48.3 Å². The predicted molar refractivity (Wildman–Crippen MR) is 110 cm³/mol. The van der Waals surface area contributed by atoms with E-state index in [9.17, 15) is 14.9 Å². The maximum absolute atomic E-state index is 13.2. The third-order valence-electron chi connectivity index (χ3n) is 5.83. The summed E-state index contributed by atoms with van der Waals surface area (Å²) in [5.41, 5.74) is 1.44. The normalized spacial score (nSPS) is 22.0. The second kappa shape index (κ2) is 8.16. The first-order valence-corrected chi connectivity index (χ1v) is 10.0. The minimum absolute atomic E-state index is 0.0982. The number of hydrogen-bond donors (Lipinski definition) is 2. The number of carbonyl (C=O) groups is 1. The highest BCUT2D eigenvalue weighted by atomic mass is 16.6. The molecule has 2 aromatic rings. The molecule has 1 aromatic heterocycles. The molecule has 3 atom stereocenters. The van der Waals surface area contributed by atoms with Crippen molar-refractivity contribution in [1.29, 1.82) is 0 Å². The number of pyridine rings is 1. The molecule has 3 heterocycles. The second-order valence-corrected chi connectivity index (χ2v) is 7.70. The Balaban J connectivity index is 1.59. The molecule has 152 valence electrons. The van der Waals surface area contributed by atoms with Gasteiger partial charge in [-0.3, -0.25) is 19.9 Å². The quantitative estimate of drug-likeness (QED) is 0.596. The molecule has 0 aliphatic carbocycles. The van der Waals surface area contributed by atoms with E-state index in [1.807, 2.05) is 30.0 Å². The van der Waals surface area contributed by atoms with E-state index in [4.69, 9.17) is 0 Å². The fourth-order valence-corrected chi connectivity index (χ4v) is 4.34. The largest absolute Gasteiger partial charge is 0.371 e. The second-order valence-electron chi connectivity index (χ2n) is 7.70. The van der Waals surface area contributed by atoms with Crippen LogP contribution in [0.15, 0.2) is 42.6 Å². The number of rotatable bonds is 5. The number of nitro groups is 1. The Morgan fingerprint density at radius 2 is 2.10 bits per heavy atom. The van der Waals surface area contributed by atoms with Crippen LogP contribution in [0, 0.1) is 10.1 Å². The molecule has 2 fully saturated rings. The van der Waals surface area contributed by atoms with Crippen LogP contribution in [0.3, 0.4) is 0 Å². The molecule has 8 heteroatoms. The molecule has 4 rings (SSSR count). The topological polar surface area (TPSA) is 100 Å². The molecular weight excluding hydrogens is 370 g/mol. The summed E-state index contributed by atoms with van der Waals surface area (Å²) in [5.74, 6) is -0.117. The zero-order chi connectivity index (χ0) is 20.4. The summed E-state index contributed by atoms with van der Waals surface area (Å²) in [6.07, 6.45) is 4.59. The number of hydrogen-bond acceptors (Lipinski definition) is 6. The van der Waals surface area contributed by atoms with E-state index in [2.05, 4.69) is 15.6 Å². The van der Waals surface area contributed by atoms with Gasteiger partial charge in [0.2, 0.25) is 0 Å². The summed E-state index contributed by atoms with van der Waals surface area (Å²) in [4.78, 5) is 30.7. The van der Waals surface area contributed by atoms with Crippen molar-refractivity contribution in [2.75, 3.05) is 18.4 Å². The lowest BCUT2D eigenvalue weighted by atomic mass is 10.1. The molecule has 0 saturated carbocycles. The van der Waals surface area contributed by atoms with Crippen molar-refractivity contribution in [2.45, 2.75) is 44.3 Å². The Morgan fingerprint density at radius 3 is 2.86 bits per heavy atom. The van der Waals surface area contributed by atoms with Crippen molar-refractivity contribution in [1.82, 2.24) is 15.2 Å². The number of nitrogens with zero attached hydrogens (tertiary/aromatic N) is 3. The number of benzene rings is 1. The van der Waals surface area contributed by atoms with Crippen LogP contribution < -0.4 is 10.6 Å². The van der Waals surface area contributed by atoms with E-state index in [0.29, 0.717) is 11.3 Å². The zero-order valence-corrected chi connectivity index (χ0v) is 16.4. The van der Waals surface area contributed by atoms with Crippen LogP contribution in [-0.2, 0) is 0 Å². The molecule has 2 N–H and O–H groups in total. The third kappa shape index (κ3) is 3.93. The van der Waals surface area contributed by atoms with Crippen molar-refractivity contribution < 1.29 is 9.72 Å². The minimum Gasteiger partial charge on any atom is -0.371 e. The van der Waals surface area contributed by atoms with Crippen molar-refractivity contribution in [2.24, 2.45) is 0 Å². The molecule has 2 saturated heterocycles. The first-order valence-electron chi connectivity index (χ1n) is 10.0. The molecule has 2 aliphatic rings. The summed E-state index contributed by atoms with van der Waals surface area (Å²) in [6, 6.07) is 10.4. The fourth-order valence-electron chi connectivity index (χ4n) is 4.34. The summed E-state index contributed by atoms with van der Waals surface area (Å²) in [7, 11) is 0. The van der Waals surface area contributed by atoms with Gasteiger partial charge in [0.25, 0.3) is 11.6 Å². The summed E-state index contributed by atoms with van der Waals surface area (Å²) >= 11 is 0. The van der Waals surface area contributed by atoms with E-state index in [1.165, 1.54) is 6.07 Å². The summed E-state index contributed by atoms with van der Waals surface area (Å²) in [5, 5.41) is 18.2. The predicted octanol–water partition coefficient (Wildman–Crippen LogP) is 3.13. The van der Waals surface area contributed by atoms with Crippen LogP contribution in [0.4, 0.5) is 11.4 Å². The Bertz CT molecular complexity index is 890. The average Bonchev–Trinajstić information content (AvgIpc) is 3.00. The highest BCUT2D eigenvalue weighted by Crippen LogP contribution is 2.33. The third-order valence-corrected chi connectivity index (χ3v) is 5.83. The van der Waals surface area contributed by atoms with Gasteiger partial charge in [-0.15, -0.1) is 0 Å². The number of fused-ring (bicyclic) bond motifs is 2. The number of amides is 1. The number of anilines is 1. The molecule has 8 nitrogen and oxygen atoms in total. The maximum Gasteiger partial charge on any atom is 0.293 e. The van der Waals surface area contributed by atoms with Crippen LogP contribution in [-0.4, -0.2) is 45.9 Å². The lowest BCUT2D eigenvalue weighted by Crippen LogP contribution is -2.42. The van der Waals surface area contributed by atoms with E-state index < -0.39 is 4.92 Å². The van der Waals surface area contributed by atoms with E-state index in [0.717, 1.165) is 38.0 Å². The van der Waals surface area contributed by atoms with Gasteiger partial charge in [0, 0.05) is 36.5 Å². The maximum atomic E-state index is 13.2. The number of nitro benzene ring substituents is 1. The van der Waals surface area contributed by atoms with Gasteiger partial charge in [-0.25, -0.2) is 0 Å². The van der Waals surface area contributed by atoms with Crippen molar-refractivity contribution in [3.05, 3.63) is 64.0 Å². The monoisotopic (exact) mass is 395 g/mol. The summed E-state index contributed by atoms with van der Waals surface area (Å²) < 4.78 is 0. The van der Waals surface area contributed by atoms with E-state index >= 15 is 0 Å². The van der Waals surface area contributed by atoms with Crippen LogP contribution in [0.2, 0.25) is 0 Å². The number of carbonyl (C=O) groups excluding carboxylic acids is 1. The van der Waals surface area contributed by atoms with Gasteiger partial charge in [0.1, 0.15) is 5.69 Å². The SMILES string of the molecule is CC(Nc1ccc(C(=O)N2C3CCNCC2CC3)cc1[N+](=O)[O-])c1ccccn1. The highest BCUT2D eigenvalue weighted by Gasteiger charge is 2.38. The van der Waals surface area contributed by atoms with Crippen LogP contribution in [0.25, 0.3) is 0 Å². The first-order chi connectivity index (χ1) is 14.0. The lowest BCUT2D eigenvalue weighted by Gasteiger charge is -2.28. The summed E-state index contributed by atoms with van der Waals surface area (Å²) in [6.45, 7) is 3.58. The van der Waals surface area contributed by atoms with Crippen molar-refractivity contribution in [3.8, 4) is 0 Å². The van der Waals surface area contributed by atoms with Gasteiger partial charge in [-0.05, 0) is 57.0 Å². The standard InChI is InChI=1S/C21H25N5O3/c1-14(18-4-2-3-10-23-18)24-19-8-5-15(12-20(19)26(28)29)21(27)25-16-6-7-17(25)13-22-11-9-16/h2-5,8,10,12,14,16-17,22,24H,6-7,9,11,13H2,1H3. The van der Waals surface area contributed by atoms with Gasteiger partial charge >= 0.3 is 0 Å². The lowest BCUT2D eigenvalue weighted by molar-refractivity contribution is -0.384. The molecule has 0 spiro atoms. The molecule has 0 radical (unpaired) electrons. The molecular formula is C21H25N5O3.